The average molecular weight is 594 g/mol. The summed E-state index contributed by atoms with van der Waals surface area (Å²) in [5.74, 6) is 0. The molecule has 0 spiro atoms. The Bertz CT molecular complexity index is 572. The van der Waals surface area contributed by atoms with E-state index in [0.717, 1.165) is 19.3 Å². The van der Waals surface area contributed by atoms with Crippen molar-refractivity contribution in [2.45, 2.75) is 148 Å². The normalized spacial score (nSPS) is 14.4. The van der Waals surface area contributed by atoms with Gasteiger partial charge < -0.3 is 27.9 Å². The largest absolute Gasteiger partial charge is 0.756 e. The molecule has 0 N–H and O–H groups in total. The first-order chi connectivity index (χ1) is 19.2. The molecule has 0 aliphatic heterocycles. The molecule has 0 fully saturated rings. The van der Waals surface area contributed by atoms with Crippen molar-refractivity contribution in [3.63, 3.8) is 0 Å². The van der Waals surface area contributed by atoms with Gasteiger partial charge in [0.2, 0.25) is 0 Å². The van der Waals surface area contributed by atoms with E-state index in [1.807, 2.05) is 21.1 Å². The molecule has 8 heteroatoms. The second-order valence-corrected chi connectivity index (χ2v) is 13.9. The van der Waals surface area contributed by atoms with E-state index in [1.165, 1.54) is 109 Å². The summed E-state index contributed by atoms with van der Waals surface area (Å²) in [4.78, 5) is 12.2. The minimum Gasteiger partial charge on any atom is -0.756 e. The van der Waals surface area contributed by atoms with Crippen molar-refractivity contribution in [1.82, 2.24) is 0 Å². The number of unbranched alkanes of at least 4 members (excludes halogenated alkanes) is 18. The first-order valence-electron chi connectivity index (χ1n) is 16.8. The van der Waals surface area contributed by atoms with Crippen LogP contribution in [0.4, 0.5) is 0 Å². The number of phosphoric ester groups is 1. The first-order valence-corrected chi connectivity index (χ1v) is 18.3. The van der Waals surface area contributed by atoms with Crippen molar-refractivity contribution in [1.29, 1.82) is 0 Å². The Hall–Kier alpha value is -0.0100. The molecule has 0 aromatic carbocycles. The molecule has 40 heavy (non-hydrogen) atoms. The van der Waals surface area contributed by atoms with Crippen LogP contribution in [0.25, 0.3) is 0 Å². The lowest BCUT2D eigenvalue weighted by molar-refractivity contribution is -0.870. The highest BCUT2D eigenvalue weighted by Gasteiger charge is 2.17. The predicted molar refractivity (Wildman–Crippen MR) is 167 cm³/mol. The summed E-state index contributed by atoms with van der Waals surface area (Å²) < 4.78 is 35.0. The fourth-order valence-electron chi connectivity index (χ4n) is 4.53. The number of ether oxygens (including phenoxy) is 2. The monoisotopic (exact) mass is 593 g/mol. The zero-order valence-electron chi connectivity index (χ0n) is 27.3. The Balaban J connectivity index is 4.18. The molecule has 0 bridgehead atoms. The maximum absolute atomic E-state index is 12.2. The Kier molecular flexibility index (Phi) is 27.8. The second kappa shape index (κ2) is 27.8. The molecule has 0 aromatic rings. The predicted octanol–water partition coefficient (Wildman–Crippen LogP) is 8.44. The minimum absolute atomic E-state index is 0.0685. The van der Waals surface area contributed by atoms with Crippen LogP contribution in [0.5, 0.6) is 0 Å². The van der Waals surface area contributed by atoms with Crippen LogP contribution in [-0.2, 0) is 23.1 Å². The van der Waals surface area contributed by atoms with E-state index in [0.29, 0.717) is 30.8 Å². The summed E-state index contributed by atoms with van der Waals surface area (Å²) >= 11 is 0. The molecule has 1 unspecified atom stereocenters. The van der Waals surface area contributed by atoms with E-state index < -0.39 is 13.9 Å². The molecule has 0 aliphatic rings. The van der Waals surface area contributed by atoms with Gasteiger partial charge in [-0.2, -0.15) is 0 Å². The van der Waals surface area contributed by atoms with E-state index in [2.05, 4.69) is 13.8 Å². The lowest BCUT2D eigenvalue weighted by Gasteiger charge is -2.28. The summed E-state index contributed by atoms with van der Waals surface area (Å²) in [5, 5.41) is 0. The molecule has 0 aromatic heterocycles. The number of nitrogens with zero attached hydrogens (tertiary/aromatic N) is 1. The van der Waals surface area contributed by atoms with Crippen LogP contribution in [0, 0.1) is 0 Å². The van der Waals surface area contributed by atoms with Crippen molar-refractivity contribution in [2.75, 3.05) is 60.7 Å². The molecule has 2 atom stereocenters. The van der Waals surface area contributed by atoms with E-state index in [4.69, 9.17) is 18.5 Å². The van der Waals surface area contributed by atoms with Gasteiger partial charge in [0.25, 0.3) is 7.82 Å². The number of hydrogen-bond acceptors (Lipinski definition) is 6. The van der Waals surface area contributed by atoms with Crippen LogP contribution in [0.15, 0.2) is 0 Å². The Morgan fingerprint density at radius 2 is 1.00 bits per heavy atom. The van der Waals surface area contributed by atoms with Crippen LogP contribution >= 0.6 is 7.82 Å². The SMILES string of the molecule is CCCCCCCCCCCCOC[C@H](COP(=O)([O-])OCC[N+](C)(C)C)OCCCCCCCCCCCC. The van der Waals surface area contributed by atoms with Crippen LogP contribution < -0.4 is 4.89 Å². The molecular formula is C32H68NO6P. The topological polar surface area (TPSA) is 77.1 Å². The maximum atomic E-state index is 12.2. The molecule has 242 valence electrons. The number of quaternary nitrogens is 1. The summed E-state index contributed by atoms with van der Waals surface area (Å²) in [6.07, 6.45) is 25.1. The number of hydrogen-bond donors (Lipinski definition) is 0. The maximum Gasteiger partial charge on any atom is 0.268 e. The second-order valence-electron chi connectivity index (χ2n) is 12.5. The van der Waals surface area contributed by atoms with Gasteiger partial charge in [0.15, 0.2) is 0 Å². The fourth-order valence-corrected chi connectivity index (χ4v) is 5.26. The van der Waals surface area contributed by atoms with E-state index in [9.17, 15) is 9.46 Å². The molecule has 0 amide bonds. The third-order valence-electron chi connectivity index (χ3n) is 7.23. The lowest BCUT2D eigenvalue weighted by atomic mass is 10.1. The summed E-state index contributed by atoms with van der Waals surface area (Å²) in [5.41, 5.74) is 0. The van der Waals surface area contributed by atoms with Gasteiger partial charge in [-0.1, -0.05) is 129 Å². The molecule has 0 saturated heterocycles. The van der Waals surface area contributed by atoms with Gasteiger partial charge >= 0.3 is 0 Å². The van der Waals surface area contributed by atoms with Crippen molar-refractivity contribution in [3.8, 4) is 0 Å². The summed E-state index contributed by atoms with van der Waals surface area (Å²) in [7, 11) is 1.60. The molecular weight excluding hydrogens is 525 g/mol. The fraction of sp³-hybridized carbons (Fsp3) is 1.00. The zero-order chi connectivity index (χ0) is 29.8. The van der Waals surface area contributed by atoms with Crippen molar-refractivity contribution >= 4 is 7.82 Å². The number of phosphoric acid groups is 1. The van der Waals surface area contributed by atoms with E-state index in [-0.39, 0.29) is 13.2 Å². The third-order valence-corrected chi connectivity index (χ3v) is 8.19. The smallest absolute Gasteiger partial charge is 0.268 e. The van der Waals surface area contributed by atoms with Gasteiger partial charge in [0, 0.05) is 13.2 Å². The standard InChI is InChI=1S/C32H68NO6P/c1-6-8-10-12-14-16-18-20-22-24-27-36-30-32(31-39-40(34,35)38-29-26-33(3,4)5)37-28-25-23-21-19-17-15-13-11-9-7-2/h32H,6-31H2,1-5H3/t32-/m1/s1. The van der Waals surface area contributed by atoms with Gasteiger partial charge in [0.1, 0.15) is 19.3 Å². The van der Waals surface area contributed by atoms with Gasteiger partial charge in [-0.25, -0.2) is 0 Å². The van der Waals surface area contributed by atoms with Gasteiger partial charge in [0.05, 0.1) is 34.4 Å². The summed E-state index contributed by atoms with van der Waals surface area (Å²) in [6, 6.07) is 0. The molecule has 0 rings (SSSR count). The Morgan fingerprint density at radius 1 is 0.575 bits per heavy atom. The highest BCUT2D eigenvalue weighted by molar-refractivity contribution is 7.45. The highest BCUT2D eigenvalue weighted by atomic mass is 31.2. The average Bonchev–Trinajstić information content (AvgIpc) is 2.89. The van der Waals surface area contributed by atoms with Crippen molar-refractivity contribution in [2.24, 2.45) is 0 Å². The molecule has 0 radical (unpaired) electrons. The number of likely N-dealkylation sites (N-methyl/N-ethyl adjacent to an activating group) is 1. The molecule has 0 aliphatic carbocycles. The Morgan fingerprint density at radius 3 is 1.45 bits per heavy atom. The quantitative estimate of drug-likeness (QED) is 0.0443. The van der Waals surface area contributed by atoms with Crippen LogP contribution in [0.1, 0.15) is 142 Å². The van der Waals surface area contributed by atoms with Crippen LogP contribution in [0.3, 0.4) is 0 Å². The van der Waals surface area contributed by atoms with Crippen LogP contribution in [0.2, 0.25) is 0 Å². The zero-order valence-corrected chi connectivity index (χ0v) is 28.2. The van der Waals surface area contributed by atoms with E-state index >= 15 is 0 Å². The van der Waals surface area contributed by atoms with Crippen molar-refractivity contribution < 1.29 is 32.5 Å². The minimum atomic E-state index is -4.37. The highest BCUT2D eigenvalue weighted by Crippen LogP contribution is 2.38. The van der Waals surface area contributed by atoms with E-state index in [1.54, 1.807) is 0 Å². The van der Waals surface area contributed by atoms with Gasteiger partial charge in [-0.15, -0.1) is 0 Å². The first kappa shape index (κ1) is 40.0. The lowest BCUT2D eigenvalue weighted by Crippen LogP contribution is -2.37. The van der Waals surface area contributed by atoms with Crippen molar-refractivity contribution in [3.05, 3.63) is 0 Å². The molecule has 0 saturated carbocycles. The van der Waals surface area contributed by atoms with Gasteiger partial charge in [-0.3, -0.25) is 4.57 Å². The third kappa shape index (κ3) is 30.9. The summed E-state index contributed by atoms with van der Waals surface area (Å²) in [6.45, 7) is 6.73. The molecule has 0 heterocycles. The Labute approximate surface area is 249 Å². The number of rotatable bonds is 32. The van der Waals surface area contributed by atoms with Crippen LogP contribution in [-0.4, -0.2) is 71.3 Å². The molecule has 7 nitrogen and oxygen atoms in total. The van der Waals surface area contributed by atoms with Gasteiger partial charge in [-0.05, 0) is 12.8 Å².